The molecule has 16 heavy (non-hydrogen) atoms. The molecule has 0 aromatic carbocycles. The zero-order valence-electron chi connectivity index (χ0n) is 9.78. The first-order valence-corrected chi connectivity index (χ1v) is 5.42. The molecular formula is C11H19NO4. The Morgan fingerprint density at radius 1 is 1.19 bits per heavy atom. The van der Waals surface area contributed by atoms with Crippen LogP contribution in [-0.2, 0) is 14.4 Å². The second-order valence-electron chi connectivity index (χ2n) is 4.16. The molecule has 92 valence electrons. The van der Waals surface area contributed by atoms with Gasteiger partial charge in [-0.1, -0.05) is 13.8 Å². The van der Waals surface area contributed by atoms with Crippen LogP contribution in [0.2, 0.25) is 0 Å². The van der Waals surface area contributed by atoms with E-state index in [2.05, 4.69) is 5.32 Å². The van der Waals surface area contributed by atoms with Crippen LogP contribution in [-0.4, -0.2) is 29.3 Å². The zero-order chi connectivity index (χ0) is 12.6. The summed E-state index contributed by atoms with van der Waals surface area (Å²) in [5.74, 6) is -0.904. The molecule has 0 heterocycles. The first-order valence-electron chi connectivity index (χ1n) is 5.42. The highest BCUT2D eigenvalue weighted by Crippen LogP contribution is 1.99. The van der Waals surface area contributed by atoms with Crippen LogP contribution >= 0.6 is 0 Å². The fourth-order valence-corrected chi connectivity index (χ4v) is 1.17. The number of ketones is 1. The summed E-state index contributed by atoms with van der Waals surface area (Å²) in [6, 6.07) is 0. The van der Waals surface area contributed by atoms with E-state index in [1.165, 1.54) is 0 Å². The Balaban J connectivity index is 3.57. The number of aliphatic carboxylic acids is 1. The van der Waals surface area contributed by atoms with Crippen molar-refractivity contribution >= 4 is 17.7 Å². The summed E-state index contributed by atoms with van der Waals surface area (Å²) in [6.07, 6.45) is 0.927. The van der Waals surface area contributed by atoms with E-state index in [4.69, 9.17) is 5.11 Å². The third-order valence-corrected chi connectivity index (χ3v) is 1.92. The Hall–Kier alpha value is -1.39. The van der Waals surface area contributed by atoms with Crippen LogP contribution in [0.3, 0.4) is 0 Å². The van der Waals surface area contributed by atoms with Crippen molar-refractivity contribution in [2.45, 2.75) is 39.5 Å². The topological polar surface area (TPSA) is 83.5 Å². The number of carboxylic acid groups (broad SMARTS) is 1. The van der Waals surface area contributed by atoms with Gasteiger partial charge >= 0.3 is 5.97 Å². The molecule has 1 amide bonds. The Kier molecular flexibility index (Phi) is 7.16. The molecule has 0 saturated carbocycles. The zero-order valence-corrected chi connectivity index (χ0v) is 9.78. The van der Waals surface area contributed by atoms with Crippen molar-refractivity contribution in [1.82, 2.24) is 5.32 Å². The number of nitrogens with one attached hydrogen (secondary N) is 1. The Bertz CT molecular complexity index is 261. The normalized spacial score (nSPS) is 10.2. The van der Waals surface area contributed by atoms with Gasteiger partial charge in [-0.25, -0.2) is 0 Å². The molecule has 0 spiro atoms. The quantitative estimate of drug-likeness (QED) is 0.649. The predicted molar refractivity (Wildman–Crippen MR) is 59.0 cm³/mol. The summed E-state index contributed by atoms with van der Waals surface area (Å²) in [6.45, 7) is 3.85. The Labute approximate surface area is 95.2 Å². The Morgan fingerprint density at radius 2 is 1.81 bits per heavy atom. The molecule has 0 aliphatic rings. The van der Waals surface area contributed by atoms with Crippen molar-refractivity contribution in [3.8, 4) is 0 Å². The molecular weight excluding hydrogens is 210 g/mol. The van der Waals surface area contributed by atoms with Gasteiger partial charge in [0, 0.05) is 19.3 Å². The maximum atomic E-state index is 11.2. The van der Waals surface area contributed by atoms with Crippen molar-refractivity contribution < 1.29 is 19.5 Å². The van der Waals surface area contributed by atoms with Gasteiger partial charge in [-0.05, 0) is 12.3 Å². The Morgan fingerprint density at radius 3 is 2.31 bits per heavy atom. The molecule has 0 atom stereocenters. The number of carboxylic acids is 1. The van der Waals surface area contributed by atoms with Crippen molar-refractivity contribution in [3.05, 3.63) is 0 Å². The molecule has 0 fully saturated rings. The third-order valence-electron chi connectivity index (χ3n) is 1.92. The van der Waals surface area contributed by atoms with Crippen molar-refractivity contribution in [2.75, 3.05) is 6.54 Å². The minimum Gasteiger partial charge on any atom is -0.481 e. The van der Waals surface area contributed by atoms with Gasteiger partial charge in [0.25, 0.3) is 0 Å². The molecule has 5 heteroatoms. The molecule has 0 bridgehead atoms. The minimum atomic E-state index is -0.906. The van der Waals surface area contributed by atoms with Crippen LogP contribution in [0, 0.1) is 5.92 Å². The monoisotopic (exact) mass is 229 g/mol. The van der Waals surface area contributed by atoms with Crippen molar-refractivity contribution in [2.24, 2.45) is 5.92 Å². The van der Waals surface area contributed by atoms with E-state index in [-0.39, 0.29) is 37.0 Å². The molecule has 0 rings (SSSR count). The fourth-order valence-electron chi connectivity index (χ4n) is 1.17. The van der Waals surface area contributed by atoms with Crippen molar-refractivity contribution in [1.29, 1.82) is 0 Å². The summed E-state index contributed by atoms with van der Waals surface area (Å²) in [7, 11) is 0. The van der Waals surface area contributed by atoms with E-state index < -0.39 is 5.97 Å². The third kappa shape index (κ3) is 9.18. The van der Waals surface area contributed by atoms with Gasteiger partial charge in [0.05, 0.1) is 6.54 Å². The van der Waals surface area contributed by atoms with Crippen LogP contribution < -0.4 is 5.32 Å². The number of hydrogen-bond acceptors (Lipinski definition) is 3. The molecule has 0 saturated heterocycles. The summed E-state index contributed by atoms with van der Waals surface area (Å²) in [5.41, 5.74) is 0. The average Bonchev–Trinajstić information content (AvgIpc) is 2.13. The van der Waals surface area contributed by atoms with Crippen LogP contribution in [0.4, 0.5) is 0 Å². The maximum absolute atomic E-state index is 11.2. The lowest BCUT2D eigenvalue weighted by molar-refractivity contribution is -0.137. The number of hydrogen-bond donors (Lipinski definition) is 2. The largest absolute Gasteiger partial charge is 0.481 e. The lowest BCUT2D eigenvalue weighted by atomic mass is 10.1. The second-order valence-corrected chi connectivity index (χ2v) is 4.16. The van der Waals surface area contributed by atoms with Crippen LogP contribution in [0.5, 0.6) is 0 Å². The summed E-state index contributed by atoms with van der Waals surface area (Å²) in [4.78, 5) is 32.6. The standard InChI is InChI=1S/C11H19NO4/c1-8(2)6-10(14)12-7-9(13)4-3-5-11(15)16/h8H,3-7H2,1-2H3,(H,12,14)(H,15,16). The van der Waals surface area contributed by atoms with E-state index in [0.717, 1.165) is 0 Å². The number of amides is 1. The predicted octanol–water partition coefficient (Wildman–Crippen LogP) is 0.973. The first-order chi connectivity index (χ1) is 7.41. The molecule has 0 unspecified atom stereocenters. The fraction of sp³-hybridized carbons (Fsp3) is 0.727. The molecule has 0 radical (unpaired) electrons. The molecule has 2 N–H and O–H groups in total. The summed E-state index contributed by atoms with van der Waals surface area (Å²) in [5, 5.41) is 10.9. The first kappa shape index (κ1) is 14.6. The average molecular weight is 229 g/mol. The van der Waals surface area contributed by atoms with E-state index in [1.54, 1.807) is 0 Å². The minimum absolute atomic E-state index is 0.00513. The highest BCUT2D eigenvalue weighted by molar-refractivity contribution is 5.86. The van der Waals surface area contributed by atoms with E-state index in [1.807, 2.05) is 13.8 Å². The molecule has 0 aliphatic heterocycles. The highest BCUT2D eigenvalue weighted by atomic mass is 16.4. The smallest absolute Gasteiger partial charge is 0.303 e. The maximum Gasteiger partial charge on any atom is 0.303 e. The van der Waals surface area contributed by atoms with E-state index >= 15 is 0 Å². The van der Waals surface area contributed by atoms with Gasteiger partial charge in [-0.2, -0.15) is 0 Å². The molecule has 5 nitrogen and oxygen atoms in total. The van der Waals surface area contributed by atoms with Crippen LogP contribution in [0.1, 0.15) is 39.5 Å². The SMILES string of the molecule is CC(C)CC(=O)NCC(=O)CCCC(=O)O. The number of rotatable bonds is 8. The molecule has 0 aliphatic carbocycles. The van der Waals surface area contributed by atoms with Gasteiger partial charge in [0.15, 0.2) is 5.78 Å². The second kappa shape index (κ2) is 7.84. The van der Waals surface area contributed by atoms with Gasteiger partial charge in [0.1, 0.15) is 0 Å². The van der Waals surface area contributed by atoms with Crippen LogP contribution in [0.15, 0.2) is 0 Å². The van der Waals surface area contributed by atoms with Gasteiger partial charge in [-0.15, -0.1) is 0 Å². The van der Waals surface area contributed by atoms with E-state index in [9.17, 15) is 14.4 Å². The number of carbonyl (C=O) groups is 3. The van der Waals surface area contributed by atoms with Gasteiger partial charge in [-0.3, -0.25) is 14.4 Å². The number of Topliss-reactive ketones (excluding diaryl/α,β-unsaturated/α-hetero) is 1. The van der Waals surface area contributed by atoms with Gasteiger partial charge < -0.3 is 10.4 Å². The van der Waals surface area contributed by atoms with Gasteiger partial charge in [0.2, 0.25) is 5.91 Å². The van der Waals surface area contributed by atoms with Crippen LogP contribution in [0.25, 0.3) is 0 Å². The summed E-state index contributed by atoms with van der Waals surface area (Å²) < 4.78 is 0. The lowest BCUT2D eigenvalue weighted by Gasteiger charge is -2.06. The lowest BCUT2D eigenvalue weighted by Crippen LogP contribution is -2.30. The molecule has 0 aromatic heterocycles. The number of carbonyl (C=O) groups excluding carboxylic acids is 2. The highest BCUT2D eigenvalue weighted by Gasteiger charge is 2.08. The summed E-state index contributed by atoms with van der Waals surface area (Å²) >= 11 is 0. The van der Waals surface area contributed by atoms with E-state index in [0.29, 0.717) is 12.8 Å². The van der Waals surface area contributed by atoms with Crippen molar-refractivity contribution in [3.63, 3.8) is 0 Å². The molecule has 0 aromatic rings.